The van der Waals surface area contributed by atoms with Gasteiger partial charge in [0.05, 0.1) is 6.54 Å². The van der Waals surface area contributed by atoms with Crippen LogP contribution in [0.4, 0.5) is 4.79 Å². The minimum absolute atomic E-state index is 0.0915. The van der Waals surface area contributed by atoms with Crippen LogP contribution in [-0.4, -0.2) is 41.5 Å². The van der Waals surface area contributed by atoms with Gasteiger partial charge in [0.2, 0.25) is 0 Å². The molecule has 0 atom stereocenters. The van der Waals surface area contributed by atoms with Gasteiger partial charge in [0.25, 0.3) is 11.8 Å². The van der Waals surface area contributed by atoms with Gasteiger partial charge in [-0.15, -0.1) is 0 Å². The first kappa shape index (κ1) is 20.8. The Hall–Kier alpha value is -3.20. The normalized spacial score (nSPS) is 11.4. The molecule has 0 aliphatic carbocycles. The van der Waals surface area contributed by atoms with Gasteiger partial charge in [-0.25, -0.2) is 15.7 Å². The molecule has 0 saturated carbocycles. The van der Waals surface area contributed by atoms with Crippen LogP contribution in [0.2, 0.25) is 0 Å². The van der Waals surface area contributed by atoms with E-state index in [-0.39, 0.29) is 6.54 Å². The van der Waals surface area contributed by atoms with Crippen LogP contribution >= 0.6 is 0 Å². The van der Waals surface area contributed by atoms with Gasteiger partial charge in [0.15, 0.2) is 0 Å². The zero-order valence-electron chi connectivity index (χ0n) is 14.8. The lowest BCUT2D eigenvalue weighted by atomic mass is 10.1. The average Bonchev–Trinajstić information content (AvgIpc) is 2.57. The van der Waals surface area contributed by atoms with Crippen LogP contribution in [0, 0.1) is 0 Å². The SMILES string of the molecule is CC(C)(C)OC(=O)NC/C=N/NC(=O)c1cccc(/C=C/C(=O)NO)c1. The molecule has 0 spiro atoms. The number of amides is 3. The summed E-state index contributed by atoms with van der Waals surface area (Å²) in [5, 5.41) is 14.6. The van der Waals surface area contributed by atoms with Crippen molar-refractivity contribution in [3.8, 4) is 0 Å². The van der Waals surface area contributed by atoms with Crippen molar-refractivity contribution in [2.75, 3.05) is 6.54 Å². The molecule has 0 saturated heterocycles. The zero-order chi connectivity index (χ0) is 19.6. The molecule has 1 aromatic rings. The molecule has 0 radical (unpaired) electrons. The molecule has 1 rings (SSSR count). The Labute approximate surface area is 151 Å². The molecule has 0 heterocycles. The molecule has 1 aromatic carbocycles. The fourth-order valence-electron chi connectivity index (χ4n) is 1.65. The summed E-state index contributed by atoms with van der Waals surface area (Å²) >= 11 is 0. The molecular weight excluding hydrogens is 340 g/mol. The molecule has 3 amide bonds. The maximum Gasteiger partial charge on any atom is 0.407 e. The predicted octanol–water partition coefficient (Wildman–Crippen LogP) is 1.45. The molecule has 0 aromatic heterocycles. The highest BCUT2D eigenvalue weighted by molar-refractivity contribution is 5.95. The van der Waals surface area contributed by atoms with Crippen LogP contribution in [0.1, 0.15) is 36.7 Å². The van der Waals surface area contributed by atoms with Gasteiger partial charge in [-0.3, -0.25) is 14.8 Å². The topological polar surface area (TPSA) is 129 Å². The summed E-state index contributed by atoms with van der Waals surface area (Å²) < 4.78 is 5.05. The molecule has 140 valence electrons. The van der Waals surface area contributed by atoms with Crippen molar-refractivity contribution in [1.82, 2.24) is 16.2 Å². The highest BCUT2D eigenvalue weighted by Gasteiger charge is 2.15. The third kappa shape index (κ3) is 8.60. The minimum atomic E-state index is -0.679. The third-order valence-electron chi connectivity index (χ3n) is 2.68. The van der Waals surface area contributed by atoms with Gasteiger partial charge in [0.1, 0.15) is 5.60 Å². The molecule has 4 N–H and O–H groups in total. The smallest absolute Gasteiger partial charge is 0.407 e. The fraction of sp³-hybridized carbons (Fsp3) is 0.294. The van der Waals surface area contributed by atoms with Crippen LogP contribution in [0.3, 0.4) is 0 Å². The summed E-state index contributed by atoms with van der Waals surface area (Å²) in [5.74, 6) is -1.14. The molecule has 0 bridgehead atoms. The monoisotopic (exact) mass is 362 g/mol. The number of ether oxygens (including phenoxy) is 1. The number of hydrogen-bond acceptors (Lipinski definition) is 6. The van der Waals surface area contributed by atoms with Crippen molar-refractivity contribution < 1.29 is 24.3 Å². The predicted molar refractivity (Wildman–Crippen MR) is 95.6 cm³/mol. The molecule has 9 nitrogen and oxygen atoms in total. The zero-order valence-corrected chi connectivity index (χ0v) is 14.8. The van der Waals surface area contributed by atoms with E-state index in [9.17, 15) is 14.4 Å². The first-order chi connectivity index (χ1) is 12.2. The summed E-state index contributed by atoms with van der Waals surface area (Å²) in [7, 11) is 0. The van der Waals surface area contributed by atoms with E-state index in [0.29, 0.717) is 11.1 Å². The molecule has 0 aliphatic heterocycles. The van der Waals surface area contributed by atoms with Crippen molar-refractivity contribution in [3.63, 3.8) is 0 Å². The number of nitrogens with one attached hydrogen (secondary N) is 3. The number of rotatable bonds is 6. The summed E-state index contributed by atoms with van der Waals surface area (Å²) in [6, 6.07) is 6.45. The lowest BCUT2D eigenvalue weighted by Gasteiger charge is -2.19. The van der Waals surface area contributed by atoms with E-state index >= 15 is 0 Å². The van der Waals surface area contributed by atoms with Gasteiger partial charge in [-0.05, 0) is 44.5 Å². The lowest BCUT2D eigenvalue weighted by molar-refractivity contribution is -0.124. The Morgan fingerprint density at radius 1 is 1.27 bits per heavy atom. The van der Waals surface area contributed by atoms with Crippen molar-refractivity contribution in [1.29, 1.82) is 0 Å². The highest BCUT2D eigenvalue weighted by Crippen LogP contribution is 2.07. The average molecular weight is 362 g/mol. The molecule has 26 heavy (non-hydrogen) atoms. The molecule has 9 heteroatoms. The Bertz CT molecular complexity index is 707. The molecule has 0 aliphatic rings. The number of alkyl carbamates (subject to hydrolysis) is 1. The maximum atomic E-state index is 12.0. The number of hydrazone groups is 1. The van der Waals surface area contributed by atoms with Gasteiger partial charge in [0, 0.05) is 17.9 Å². The van der Waals surface area contributed by atoms with Crippen LogP contribution in [0.25, 0.3) is 6.08 Å². The Morgan fingerprint density at radius 3 is 2.65 bits per heavy atom. The summed E-state index contributed by atoms with van der Waals surface area (Å²) in [5.41, 5.74) is 4.12. The summed E-state index contributed by atoms with van der Waals surface area (Å²) in [6.07, 6.45) is 3.30. The lowest BCUT2D eigenvalue weighted by Crippen LogP contribution is -2.33. The van der Waals surface area contributed by atoms with E-state index in [1.165, 1.54) is 17.8 Å². The van der Waals surface area contributed by atoms with Crippen molar-refractivity contribution >= 4 is 30.2 Å². The standard InChI is InChI=1S/C17H22N4O5/c1-17(2,3)26-16(24)18-9-10-19-20-15(23)13-6-4-5-12(11-13)7-8-14(22)21-25/h4-8,10-11,25H,9H2,1-3H3,(H,18,24)(H,20,23)(H,21,22)/b8-7+,19-10+. The van der Waals surface area contributed by atoms with E-state index in [0.717, 1.165) is 6.08 Å². The number of carbonyl (C=O) groups excluding carboxylic acids is 3. The second-order valence-electron chi connectivity index (χ2n) is 6.07. The van der Waals surface area contributed by atoms with Crippen molar-refractivity contribution in [2.24, 2.45) is 5.10 Å². The molecule has 0 unspecified atom stereocenters. The largest absolute Gasteiger partial charge is 0.444 e. The maximum absolute atomic E-state index is 12.0. The van der Waals surface area contributed by atoms with Crippen molar-refractivity contribution in [3.05, 3.63) is 41.5 Å². The van der Waals surface area contributed by atoms with E-state index in [1.807, 2.05) is 0 Å². The second kappa shape index (κ2) is 9.94. The van der Waals surface area contributed by atoms with E-state index in [2.05, 4.69) is 15.8 Å². The number of hydroxylamine groups is 1. The third-order valence-corrected chi connectivity index (χ3v) is 2.68. The first-order valence-electron chi connectivity index (χ1n) is 7.72. The number of carbonyl (C=O) groups is 3. The number of benzene rings is 1. The van der Waals surface area contributed by atoms with E-state index in [4.69, 9.17) is 9.94 Å². The fourth-order valence-corrected chi connectivity index (χ4v) is 1.65. The van der Waals surface area contributed by atoms with E-state index in [1.54, 1.807) is 45.0 Å². The van der Waals surface area contributed by atoms with Crippen LogP contribution in [0.5, 0.6) is 0 Å². The molecular formula is C17H22N4O5. The summed E-state index contributed by atoms with van der Waals surface area (Å²) in [6.45, 7) is 5.34. The van der Waals surface area contributed by atoms with Crippen LogP contribution < -0.4 is 16.2 Å². The first-order valence-corrected chi connectivity index (χ1v) is 7.72. The second-order valence-corrected chi connectivity index (χ2v) is 6.07. The van der Waals surface area contributed by atoms with E-state index < -0.39 is 23.5 Å². The molecule has 0 fully saturated rings. The minimum Gasteiger partial charge on any atom is -0.444 e. The van der Waals surface area contributed by atoms with Crippen LogP contribution in [-0.2, 0) is 9.53 Å². The summed E-state index contributed by atoms with van der Waals surface area (Å²) in [4.78, 5) is 34.4. The quantitative estimate of drug-likeness (QED) is 0.263. The van der Waals surface area contributed by atoms with Crippen LogP contribution in [0.15, 0.2) is 35.4 Å². The Kier molecular flexibility index (Phi) is 7.97. The number of nitrogens with zero attached hydrogens (tertiary/aromatic N) is 1. The Morgan fingerprint density at radius 2 is 2.00 bits per heavy atom. The highest BCUT2D eigenvalue weighted by atomic mass is 16.6. The van der Waals surface area contributed by atoms with Gasteiger partial charge >= 0.3 is 6.09 Å². The van der Waals surface area contributed by atoms with Gasteiger partial charge in [-0.1, -0.05) is 12.1 Å². The van der Waals surface area contributed by atoms with Crippen molar-refractivity contribution in [2.45, 2.75) is 26.4 Å². The number of hydrogen-bond donors (Lipinski definition) is 4. The van der Waals surface area contributed by atoms with Gasteiger partial charge < -0.3 is 10.1 Å². The Balaban J connectivity index is 2.49. The van der Waals surface area contributed by atoms with Gasteiger partial charge in [-0.2, -0.15) is 5.10 Å².